The van der Waals surface area contributed by atoms with E-state index in [0.29, 0.717) is 23.0 Å². The van der Waals surface area contributed by atoms with Crippen LogP contribution in [0.1, 0.15) is 18.2 Å². The molecule has 25 heavy (non-hydrogen) atoms. The number of hydrogen-bond donors (Lipinski definition) is 1. The van der Waals surface area contributed by atoms with Crippen LogP contribution in [-0.4, -0.2) is 18.2 Å². The fourth-order valence-electron chi connectivity index (χ4n) is 2.25. The zero-order chi connectivity index (χ0) is 17.6. The van der Waals surface area contributed by atoms with E-state index in [1.54, 1.807) is 19.1 Å². The van der Waals surface area contributed by atoms with Gasteiger partial charge in [0.15, 0.2) is 12.4 Å². The van der Waals surface area contributed by atoms with E-state index < -0.39 is 0 Å². The van der Waals surface area contributed by atoms with Gasteiger partial charge >= 0.3 is 0 Å². The molecule has 1 aromatic heterocycles. The second-order valence-corrected chi connectivity index (χ2v) is 5.94. The number of carbonyl (C=O) groups is 1. The van der Waals surface area contributed by atoms with E-state index in [-0.39, 0.29) is 12.5 Å². The predicted molar refractivity (Wildman–Crippen MR) is 97.7 cm³/mol. The summed E-state index contributed by atoms with van der Waals surface area (Å²) in [4.78, 5) is 16.9. The molecule has 0 radical (unpaired) electrons. The Hall–Kier alpha value is -2.79. The van der Waals surface area contributed by atoms with E-state index in [1.165, 1.54) is 0 Å². The topological polar surface area (TPSA) is 63.8 Å². The number of carbonyl (C=O) groups excluding carboxylic acids is 1. The summed E-state index contributed by atoms with van der Waals surface area (Å²) in [6, 6.07) is 16.8. The van der Waals surface area contributed by atoms with Crippen molar-refractivity contribution in [3.05, 3.63) is 70.9 Å². The van der Waals surface area contributed by atoms with Crippen molar-refractivity contribution in [1.82, 2.24) is 5.32 Å². The Morgan fingerprint density at radius 1 is 1.20 bits per heavy atom. The van der Waals surface area contributed by atoms with Crippen LogP contribution in [0, 0.1) is 0 Å². The zero-order valence-electron chi connectivity index (χ0n) is 13.7. The highest BCUT2D eigenvalue weighted by molar-refractivity contribution is 6.30. The van der Waals surface area contributed by atoms with Crippen LogP contribution in [-0.2, 0) is 16.2 Å². The highest BCUT2D eigenvalue weighted by Gasteiger charge is 2.07. The molecule has 128 valence electrons. The van der Waals surface area contributed by atoms with Gasteiger partial charge in [0.05, 0.1) is 0 Å². The standard InChI is InChI=1S/C19H17ClN2O3/c1-13(18-10-15-4-2-3-5-17(15)25-18)22-24-12-19(23)21-11-14-6-8-16(20)9-7-14/h2-10H,11-12H2,1H3,(H,21,23)/b22-13+. The van der Waals surface area contributed by atoms with Crippen LogP contribution in [0.2, 0.25) is 5.02 Å². The van der Waals surface area contributed by atoms with Crippen LogP contribution in [0.5, 0.6) is 0 Å². The fourth-order valence-corrected chi connectivity index (χ4v) is 2.37. The number of halogens is 1. The van der Waals surface area contributed by atoms with E-state index in [0.717, 1.165) is 16.5 Å². The third kappa shape index (κ3) is 4.61. The number of benzene rings is 2. The molecular weight excluding hydrogens is 340 g/mol. The molecular formula is C19H17ClN2O3. The number of rotatable bonds is 6. The molecule has 0 saturated heterocycles. The minimum atomic E-state index is -0.254. The highest BCUT2D eigenvalue weighted by atomic mass is 35.5. The molecule has 6 heteroatoms. The van der Waals surface area contributed by atoms with Crippen molar-refractivity contribution in [3.63, 3.8) is 0 Å². The van der Waals surface area contributed by atoms with Crippen molar-refractivity contribution in [2.45, 2.75) is 13.5 Å². The number of oxime groups is 1. The van der Waals surface area contributed by atoms with Crippen LogP contribution < -0.4 is 5.32 Å². The molecule has 0 aliphatic rings. The third-order valence-corrected chi connectivity index (χ3v) is 3.83. The molecule has 0 aliphatic carbocycles. The molecule has 0 unspecified atom stereocenters. The van der Waals surface area contributed by atoms with Crippen LogP contribution in [0.3, 0.4) is 0 Å². The number of nitrogens with one attached hydrogen (secondary N) is 1. The SMILES string of the molecule is C/C(=N\OCC(=O)NCc1ccc(Cl)cc1)c1cc2ccccc2o1. The first-order chi connectivity index (χ1) is 12.1. The molecule has 0 aliphatic heterocycles. The molecule has 0 fully saturated rings. The maximum Gasteiger partial charge on any atom is 0.261 e. The summed E-state index contributed by atoms with van der Waals surface area (Å²) in [7, 11) is 0. The zero-order valence-corrected chi connectivity index (χ0v) is 14.4. The van der Waals surface area contributed by atoms with Crippen LogP contribution in [0.25, 0.3) is 11.0 Å². The fraction of sp³-hybridized carbons (Fsp3) is 0.158. The smallest absolute Gasteiger partial charge is 0.261 e. The van der Waals surface area contributed by atoms with Crippen LogP contribution >= 0.6 is 11.6 Å². The van der Waals surface area contributed by atoms with E-state index in [4.69, 9.17) is 20.9 Å². The van der Waals surface area contributed by atoms with E-state index in [9.17, 15) is 4.79 Å². The maximum atomic E-state index is 11.8. The van der Waals surface area contributed by atoms with Gasteiger partial charge in [0, 0.05) is 17.0 Å². The largest absolute Gasteiger partial charge is 0.455 e. The number of furan rings is 1. The molecule has 2 aromatic carbocycles. The summed E-state index contributed by atoms with van der Waals surface area (Å²) in [5, 5.41) is 8.35. The summed E-state index contributed by atoms with van der Waals surface area (Å²) in [5.41, 5.74) is 2.31. The number of para-hydroxylation sites is 1. The van der Waals surface area contributed by atoms with Crippen molar-refractivity contribution in [2.24, 2.45) is 5.16 Å². The monoisotopic (exact) mass is 356 g/mol. The van der Waals surface area contributed by atoms with Gasteiger partial charge in [-0.3, -0.25) is 4.79 Å². The normalized spacial score (nSPS) is 11.5. The number of hydrogen-bond acceptors (Lipinski definition) is 4. The van der Waals surface area contributed by atoms with Gasteiger partial charge in [-0.2, -0.15) is 0 Å². The van der Waals surface area contributed by atoms with Crippen molar-refractivity contribution in [2.75, 3.05) is 6.61 Å². The lowest BCUT2D eigenvalue weighted by atomic mass is 10.2. The molecule has 5 nitrogen and oxygen atoms in total. The number of amides is 1. The minimum Gasteiger partial charge on any atom is -0.455 e. The summed E-state index contributed by atoms with van der Waals surface area (Å²) in [6.07, 6.45) is 0. The molecule has 1 amide bonds. The lowest BCUT2D eigenvalue weighted by Gasteiger charge is -2.05. The molecule has 3 rings (SSSR count). The summed E-state index contributed by atoms with van der Waals surface area (Å²) >= 11 is 5.82. The Morgan fingerprint density at radius 2 is 1.96 bits per heavy atom. The van der Waals surface area contributed by atoms with Gasteiger partial charge in [-0.15, -0.1) is 0 Å². The van der Waals surface area contributed by atoms with Gasteiger partial charge in [0.1, 0.15) is 11.3 Å². The predicted octanol–water partition coefficient (Wildman–Crippen LogP) is 4.14. The van der Waals surface area contributed by atoms with Crippen molar-refractivity contribution < 1.29 is 14.0 Å². The average Bonchev–Trinajstić information content (AvgIpc) is 3.05. The second-order valence-electron chi connectivity index (χ2n) is 5.50. The molecule has 0 saturated carbocycles. The Balaban J connectivity index is 1.49. The van der Waals surface area contributed by atoms with Gasteiger partial charge in [-0.25, -0.2) is 0 Å². The summed E-state index contributed by atoms with van der Waals surface area (Å²) in [6.45, 7) is 2.01. The molecule has 1 heterocycles. The Bertz CT molecular complexity index is 867. The molecule has 0 spiro atoms. The third-order valence-electron chi connectivity index (χ3n) is 3.58. The maximum absolute atomic E-state index is 11.8. The quantitative estimate of drug-likeness (QED) is 0.533. The lowest BCUT2D eigenvalue weighted by molar-refractivity contribution is -0.125. The molecule has 1 N–H and O–H groups in total. The van der Waals surface area contributed by atoms with Gasteiger partial charge in [0.2, 0.25) is 0 Å². The number of fused-ring (bicyclic) bond motifs is 1. The Labute approximate surface area is 150 Å². The first-order valence-corrected chi connectivity index (χ1v) is 8.16. The lowest BCUT2D eigenvalue weighted by Crippen LogP contribution is -2.26. The highest BCUT2D eigenvalue weighted by Crippen LogP contribution is 2.19. The van der Waals surface area contributed by atoms with Crippen LogP contribution in [0.15, 0.2) is 64.2 Å². The average molecular weight is 357 g/mol. The molecule has 0 atom stereocenters. The van der Waals surface area contributed by atoms with E-state index in [1.807, 2.05) is 42.5 Å². The van der Waals surface area contributed by atoms with Gasteiger partial charge in [-0.1, -0.05) is 47.1 Å². The molecule has 3 aromatic rings. The summed E-state index contributed by atoms with van der Waals surface area (Å²) in [5.74, 6) is 0.360. The van der Waals surface area contributed by atoms with Gasteiger partial charge < -0.3 is 14.6 Å². The Kier molecular flexibility index (Phi) is 5.36. The Morgan fingerprint density at radius 3 is 2.72 bits per heavy atom. The first kappa shape index (κ1) is 17.0. The van der Waals surface area contributed by atoms with Gasteiger partial charge in [0.25, 0.3) is 5.91 Å². The van der Waals surface area contributed by atoms with Crippen LogP contribution in [0.4, 0.5) is 0 Å². The second kappa shape index (κ2) is 7.85. The van der Waals surface area contributed by atoms with Gasteiger partial charge in [-0.05, 0) is 36.8 Å². The van der Waals surface area contributed by atoms with E-state index in [2.05, 4.69) is 10.5 Å². The van der Waals surface area contributed by atoms with E-state index >= 15 is 0 Å². The minimum absolute atomic E-state index is 0.162. The van der Waals surface area contributed by atoms with Crippen molar-refractivity contribution >= 4 is 34.2 Å². The van der Waals surface area contributed by atoms with Crippen molar-refractivity contribution in [3.8, 4) is 0 Å². The molecule has 0 bridgehead atoms. The number of nitrogens with zero attached hydrogens (tertiary/aromatic N) is 1. The van der Waals surface area contributed by atoms with Crippen molar-refractivity contribution in [1.29, 1.82) is 0 Å². The first-order valence-electron chi connectivity index (χ1n) is 7.78. The summed E-state index contributed by atoms with van der Waals surface area (Å²) < 4.78 is 5.68.